The molecule has 0 saturated carbocycles. The van der Waals surface area contributed by atoms with Crippen LogP contribution in [0.4, 0.5) is 0 Å². The summed E-state index contributed by atoms with van der Waals surface area (Å²) in [6.45, 7) is 1.99. The Bertz CT molecular complexity index is 593. The molecule has 0 bridgehead atoms. The number of aromatic nitrogens is 2. The van der Waals surface area contributed by atoms with Gasteiger partial charge in [-0.25, -0.2) is 4.79 Å². The lowest BCUT2D eigenvalue weighted by molar-refractivity contribution is -0.117. The van der Waals surface area contributed by atoms with Crippen LogP contribution in [0.15, 0.2) is 29.1 Å². The molecular formula is C12H14N2O2. The second-order valence-electron chi connectivity index (χ2n) is 3.93. The van der Waals surface area contributed by atoms with E-state index < -0.39 is 0 Å². The lowest BCUT2D eigenvalue weighted by atomic mass is 10.3. The van der Waals surface area contributed by atoms with Crippen LogP contribution in [0.5, 0.6) is 0 Å². The van der Waals surface area contributed by atoms with Gasteiger partial charge < -0.3 is 0 Å². The van der Waals surface area contributed by atoms with Crippen LogP contribution in [0.25, 0.3) is 11.0 Å². The fraction of sp³-hybridized carbons (Fsp3) is 0.333. The highest BCUT2D eigenvalue weighted by molar-refractivity contribution is 5.77. The minimum atomic E-state index is -0.0672. The van der Waals surface area contributed by atoms with Gasteiger partial charge in [0, 0.05) is 20.0 Å². The number of fused-ring (bicyclic) bond motifs is 1. The first-order valence-corrected chi connectivity index (χ1v) is 5.25. The Balaban J connectivity index is 2.55. The van der Waals surface area contributed by atoms with Crippen LogP contribution < -0.4 is 5.69 Å². The van der Waals surface area contributed by atoms with E-state index in [0.29, 0.717) is 13.0 Å². The maximum absolute atomic E-state index is 11.9. The minimum Gasteiger partial charge on any atom is -0.300 e. The molecule has 0 spiro atoms. The van der Waals surface area contributed by atoms with Crippen molar-refractivity contribution in [2.24, 2.45) is 7.05 Å². The van der Waals surface area contributed by atoms with Crippen molar-refractivity contribution in [3.05, 3.63) is 34.7 Å². The Kier molecular flexibility index (Phi) is 2.64. The maximum atomic E-state index is 11.9. The highest BCUT2D eigenvalue weighted by Crippen LogP contribution is 2.11. The zero-order valence-corrected chi connectivity index (χ0v) is 9.43. The molecule has 0 aliphatic heterocycles. The Morgan fingerprint density at radius 1 is 1.25 bits per heavy atom. The number of carbonyl (C=O) groups excluding carboxylic acids is 1. The number of benzene rings is 1. The molecule has 1 aromatic heterocycles. The van der Waals surface area contributed by atoms with Crippen molar-refractivity contribution in [2.45, 2.75) is 19.9 Å². The highest BCUT2D eigenvalue weighted by Gasteiger charge is 2.09. The molecule has 2 rings (SSSR count). The maximum Gasteiger partial charge on any atom is 0.328 e. The second-order valence-corrected chi connectivity index (χ2v) is 3.93. The molecule has 2 aromatic rings. The fourth-order valence-corrected chi connectivity index (χ4v) is 1.85. The number of nitrogens with zero attached hydrogens (tertiary/aromatic N) is 2. The lowest BCUT2D eigenvalue weighted by Crippen LogP contribution is -2.23. The van der Waals surface area contributed by atoms with Gasteiger partial charge in [-0.1, -0.05) is 12.1 Å². The molecule has 4 nitrogen and oxygen atoms in total. The third-order valence-corrected chi connectivity index (χ3v) is 2.74. The molecule has 4 heteroatoms. The van der Waals surface area contributed by atoms with Gasteiger partial charge in [0.15, 0.2) is 0 Å². The van der Waals surface area contributed by atoms with E-state index in [1.165, 1.54) is 6.92 Å². The number of hydrogen-bond acceptors (Lipinski definition) is 2. The number of para-hydroxylation sites is 2. The highest BCUT2D eigenvalue weighted by atomic mass is 16.2. The smallest absolute Gasteiger partial charge is 0.300 e. The van der Waals surface area contributed by atoms with Crippen molar-refractivity contribution in [3.8, 4) is 0 Å². The molecule has 84 valence electrons. The van der Waals surface area contributed by atoms with Gasteiger partial charge >= 0.3 is 5.69 Å². The summed E-state index contributed by atoms with van der Waals surface area (Å²) in [6, 6.07) is 7.60. The molecule has 1 aromatic carbocycles. The normalized spacial score (nSPS) is 10.9. The van der Waals surface area contributed by atoms with Gasteiger partial charge in [-0.2, -0.15) is 0 Å². The first kappa shape index (κ1) is 10.7. The molecule has 1 heterocycles. The SMILES string of the molecule is CC(=O)CCn1c(=O)n(C)c2ccccc21. The van der Waals surface area contributed by atoms with Crippen LogP contribution in [0.3, 0.4) is 0 Å². The molecule has 0 saturated heterocycles. The average Bonchev–Trinajstić information content (AvgIpc) is 2.50. The molecule has 0 amide bonds. The third kappa shape index (κ3) is 1.66. The summed E-state index contributed by atoms with van der Waals surface area (Å²) < 4.78 is 3.26. The summed E-state index contributed by atoms with van der Waals surface area (Å²) in [5.41, 5.74) is 1.72. The summed E-state index contributed by atoms with van der Waals surface area (Å²) in [5, 5.41) is 0. The predicted octanol–water partition coefficient (Wildman–Crippen LogP) is 1.32. The number of carbonyl (C=O) groups is 1. The average molecular weight is 218 g/mol. The van der Waals surface area contributed by atoms with Crippen LogP contribution in [-0.4, -0.2) is 14.9 Å². The topological polar surface area (TPSA) is 44.0 Å². The first-order valence-electron chi connectivity index (χ1n) is 5.25. The Morgan fingerprint density at radius 3 is 2.50 bits per heavy atom. The summed E-state index contributed by atoms with van der Waals surface area (Å²) in [6.07, 6.45) is 0.397. The van der Waals surface area contributed by atoms with Gasteiger partial charge in [0.1, 0.15) is 5.78 Å². The zero-order valence-electron chi connectivity index (χ0n) is 9.43. The fourth-order valence-electron chi connectivity index (χ4n) is 1.85. The van der Waals surface area contributed by atoms with Gasteiger partial charge in [0.05, 0.1) is 11.0 Å². The van der Waals surface area contributed by atoms with E-state index in [4.69, 9.17) is 0 Å². The Labute approximate surface area is 93.1 Å². The summed E-state index contributed by atoms with van der Waals surface area (Å²) in [7, 11) is 1.74. The zero-order chi connectivity index (χ0) is 11.7. The first-order chi connectivity index (χ1) is 7.61. The van der Waals surface area contributed by atoms with Gasteiger partial charge in [-0.15, -0.1) is 0 Å². The standard InChI is InChI=1S/C12H14N2O2/c1-9(15)7-8-14-11-6-4-3-5-10(11)13(2)12(14)16/h3-6H,7-8H2,1-2H3. The number of rotatable bonds is 3. The lowest BCUT2D eigenvalue weighted by Gasteiger charge is -2.00. The van der Waals surface area contributed by atoms with Gasteiger partial charge in [0.2, 0.25) is 0 Å². The number of aryl methyl sites for hydroxylation is 2. The molecule has 0 aliphatic rings. The molecule has 16 heavy (non-hydrogen) atoms. The number of hydrogen-bond donors (Lipinski definition) is 0. The molecule has 0 N–H and O–H groups in total. The van der Waals surface area contributed by atoms with E-state index in [2.05, 4.69) is 0 Å². The van der Waals surface area contributed by atoms with E-state index in [1.54, 1.807) is 16.2 Å². The van der Waals surface area contributed by atoms with E-state index in [1.807, 2.05) is 24.3 Å². The van der Waals surface area contributed by atoms with Crippen LogP contribution in [-0.2, 0) is 18.4 Å². The molecule has 0 radical (unpaired) electrons. The van der Waals surface area contributed by atoms with Gasteiger partial charge in [-0.3, -0.25) is 13.9 Å². The van der Waals surface area contributed by atoms with Crippen LogP contribution in [0.2, 0.25) is 0 Å². The Morgan fingerprint density at radius 2 is 1.88 bits per heavy atom. The van der Waals surface area contributed by atoms with Crippen molar-refractivity contribution in [2.75, 3.05) is 0 Å². The van der Waals surface area contributed by atoms with E-state index >= 15 is 0 Å². The quantitative estimate of drug-likeness (QED) is 0.779. The second kappa shape index (κ2) is 3.96. The van der Waals surface area contributed by atoms with Crippen molar-refractivity contribution >= 4 is 16.8 Å². The number of ketones is 1. The number of imidazole rings is 1. The molecule has 0 aliphatic carbocycles. The van der Waals surface area contributed by atoms with Crippen LogP contribution in [0.1, 0.15) is 13.3 Å². The summed E-state index contributed by atoms with van der Waals surface area (Å²) in [4.78, 5) is 22.9. The monoisotopic (exact) mass is 218 g/mol. The molecule has 0 unspecified atom stereocenters. The van der Waals surface area contributed by atoms with Crippen LogP contribution >= 0.6 is 0 Å². The third-order valence-electron chi connectivity index (χ3n) is 2.74. The largest absolute Gasteiger partial charge is 0.328 e. The van der Waals surface area contributed by atoms with Crippen LogP contribution in [0, 0.1) is 0 Å². The number of Topliss-reactive ketones (excluding diaryl/α,β-unsaturated/α-hetero) is 1. The summed E-state index contributed by atoms with van der Waals surface area (Å²) in [5.74, 6) is 0.0971. The van der Waals surface area contributed by atoms with Crippen molar-refractivity contribution < 1.29 is 4.79 Å². The van der Waals surface area contributed by atoms with Gasteiger partial charge in [0.25, 0.3) is 0 Å². The molecule has 0 fully saturated rings. The van der Waals surface area contributed by atoms with E-state index in [-0.39, 0.29) is 11.5 Å². The van der Waals surface area contributed by atoms with E-state index in [0.717, 1.165) is 11.0 Å². The van der Waals surface area contributed by atoms with Gasteiger partial charge in [-0.05, 0) is 19.1 Å². The Hall–Kier alpha value is -1.84. The van der Waals surface area contributed by atoms with Crippen molar-refractivity contribution in [3.63, 3.8) is 0 Å². The summed E-state index contributed by atoms with van der Waals surface area (Å²) >= 11 is 0. The van der Waals surface area contributed by atoms with Crippen molar-refractivity contribution in [1.82, 2.24) is 9.13 Å². The minimum absolute atomic E-state index is 0.0672. The molecular weight excluding hydrogens is 204 g/mol. The predicted molar refractivity (Wildman–Crippen MR) is 62.5 cm³/mol. The molecule has 0 atom stereocenters. The van der Waals surface area contributed by atoms with E-state index in [9.17, 15) is 9.59 Å². The van der Waals surface area contributed by atoms with Crippen molar-refractivity contribution in [1.29, 1.82) is 0 Å².